The highest BCUT2D eigenvalue weighted by Gasteiger charge is 2.26. The van der Waals surface area contributed by atoms with E-state index in [1.165, 1.54) is 0 Å². The number of hydrogen-bond donors (Lipinski definition) is 1. The molecule has 0 unspecified atom stereocenters. The van der Waals surface area contributed by atoms with Crippen LogP contribution in [0.4, 0.5) is 0 Å². The van der Waals surface area contributed by atoms with Crippen LogP contribution >= 0.6 is 35.6 Å². The average Bonchev–Trinajstić information content (AvgIpc) is 2.54. The molecule has 24 heavy (non-hydrogen) atoms. The average molecular weight is 394 g/mol. The second-order valence-corrected chi connectivity index (χ2v) is 7.53. The summed E-state index contributed by atoms with van der Waals surface area (Å²) in [5.41, 5.74) is 1.03. The fourth-order valence-corrected chi connectivity index (χ4v) is 3.19. The number of carbonyl (C=O) groups excluding carboxylic acids is 1. The Bertz CT molecular complexity index is 531. The van der Waals surface area contributed by atoms with E-state index in [1.807, 2.05) is 17.0 Å². The summed E-state index contributed by atoms with van der Waals surface area (Å²) >= 11 is 12.1. The monoisotopic (exact) mass is 392 g/mol. The van der Waals surface area contributed by atoms with Gasteiger partial charge >= 0.3 is 0 Å². The van der Waals surface area contributed by atoms with E-state index in [9.17, 15) is 4.79 Å². The number of carbonyl (C=O) groups is 1. The number of nitrogens with one attached hydrogen (secondary N) is 1. The summed E-state index contributed by atoms with van der Waals surface area (Å²) in [5, 5.41) is 4.41. The third kappa shape index (κ3) is 6.44. The molecule has 1 N–H and O–H groups in total. The maximum absolute atomic E-state index is 12.9. The van der Waals surface area contributed by atoms with Crippen LogP contribution in [-0.4, -0.2) is 30.4 Å². The van der Waals surface area contributed by atoms with Crippen molar-refractivity contribution >= 4 is 41.5 Å². The van der Waals surface area contributed by atoms with E-state index in [1.54, 1.807) is 6.07 Å². The molecule has 0 aliphatic carbocycles. The Balaban J connectivity index is 0.00000288. The van der Waals surface area contributed by atoms with E-state index >= 15 is 0 Å². The lowest BCUT2D eigenvalue weighted by atomic mass is 9.96. The van der Waals surface area contributed by atoms with E-state index in [2.05, 4.69) is 19.2 Å². The Morgan fingerprint density at radius 3 is 2.50 bits per heavy atom. The lowest BCUT2D eigenvalue weighted by Crippen LogP contribution is -2.41. The highest BCUT2D eigenvalue weighted by molar-refractivity contribution is 6.42. The first-order valence-electron chi connectivity index (χ1n) is 8.40. The molecule has 2 rings (SSSR count). The third-order valence-corrected chi connectivity index (χ3v) is 5.07. The van der Waals surface area contributed by atoms with Crippen LogP contribution in [-0.2, 0) is 11.3 Å². The van der Waals surface area contributed by atoms with Gasteiger partial charge in [0.05, 0.1) is 10.0 Å². The molecule has 0 atom stereocenters. The maximum atomic E-state index is 12.9. The predicted molar refractivity (Wildman–Crippen MR) is 104 cm³/mol. The zero-order valence-electron chi connectivity index (χ0n) is 14.4. The number of amides is 1. The molecule has 1 aromatic rings. The molecule has 6 heteroatoms. The summed E-state index contributed by atoms with van der Waals surface area (Å²) in [6, 6.07) is 5.61. The molecule has 3 nitrogen and oxygen atoms in total. The van der Waals surface area contributed by atoms with E-state index < -0.39 is 0 Å². The van der Waals surface area contributed by atoms with E-state index in [0.717, 1.165) is 44.5 Å². The van der Waals surface area contributed by atoms with Gasteiger partial charge in [-0.1, -0.05) is 43.1 Å². The van der Waals surface area contributed by atoms with Crippen LogP contribution in [0.3, 0.4) is 0 Å². The normalized spacial score (nSPS) is 15.2. The summed E-state index contributed by atoms with van der Waals surface area (Å²) in [6.07, 6.45) is 2.87. The Kier molecular flexibility index (Phi) is 9.43. The van der Waals surface area contributed by atoms with Crippen LogP contribution in [0.1, 0.15) is 38.7 Å². The van der Waals surface area contributed by atoms with Crippen molar-refractivity contribution in [2.24, 2.45) is 11.8 Å². The van der Waals surface area contributed by atoms with Gasteiger partial charge in [-0.3, -0.25) is 4.79 Å². The molecule has 1 amide bonds. The third-order valence-electron chi connectivity index (χ3n) is 4.33. The van der Waals surface area contributed by atoms with Crippen LogP contribution in [0.15, 0.2) is 18.2 Å². The van der Waals surface area contributed by atoms with Gasteiger partial charge < -0.3 is 10.2 Å². The lowest BCUT2D eigenvalue weighted by Gasteiger charge is -2.30. The van der Waals surface area contributed by atoms with Gasteiger partial charge in [0.2, 0.25) is 5.91 Å². The van der Waals surface area contributed by atoms with Crippen LogP contribution in [0.2, 0.25) is 10.0 Å². The summed E-state index contributed by atoms with van der Waals surface area (Å²) in [4.78, 5) is 14.9. The zero-order valence-corrected chi connectivity index (χ0v) is 16.7. The van der Waals surface area contributed by atoms with Crippen molar-refractivity contribution in [3.63, 3.8) is 0 Å². The van der Waals surface area contributed by atoms with Gasteiger partial charge in [0.15, 0.2) is 0 Å². The van der Waals surface area contributed by atoms with Gasteiger partial charge in [0, 0.05) is 19.0 Å². The van der Waals surface area contributed by atoms with Gasteiger partial charge in [-0.05, 0) is 56.0 Å². The quantitative estimate of drug-likeness (QED) is 0.753. The molecule has 1 aliphatic heterocycles. The van der Waals surface area contributed by atoms with Crippen molar-refractivity contribution < 1.29 is 4.79 Å². The number of halogens is 3. The van der Waals surface area contributed by atoms with E-state index in [0.29, 0.717) is 22.5 Å². The van der Waals surface area contributed by atoms with Crippen molar-refractivity contribution in [1.82, 2.24) is 10.2 Å². The number of piperidine rings is 1. The van der Waals surface area contributed by atoms with Crippen molar-refractivity contribution in [3.05, 3.63) is 33.8 Å². The topological polar surface area (TPSA) is 32.3 Å². The van der Waals surface area contributed by atoms with Crippen molar-refractivity contribution in [2.75, 3.05) is 19.6 Å². The summed E-state index contributed by atoms with van der Waals surface area (Å²) in [5.74, 6) is 0.997. The Morgan fingerprint density at radius 1 is 1.25 bits per heavy atom. The molecule has 1 aliphatic rings. The first-order valence-corrected chi connectivity index (χ1v) is 9.16. The number of rotatable bonds is 6. The first kappa shape index (κ1) is 21.6. The second-order valence-electron chi connectivity index (χ2n) is 6.72. The second kappa shape index (κ2) is 10.5. The standard InChI is InChI=1S/C18H26Cl2N2O.ClH/c1-13(2)7-10-22(18(23)15-5-8-21-9-6-15)12-14-3-4-16(19)17(20)11-14;/h3-4,11,13,15,21H,5-10,12H2,1-2H3;1H. The minimum atomic E-state index is 0. The molecule has 0 radical (unpaired) electrons. The smallest absolute Gasteiger partial charge is 0.226 e. The van der Waals surface area contributed by atoms with Gasteiger partial charge in [0.1, 0.15) is 0 Å². The molecule has 1 saturated heterocycles. The first-order chi connectivity index (χ1) is 11.0. The number of nitrogens with zero attached hydrogens (tertiary/aromatic N) is 1. The van der Waals surface area contributed by atoms with Gasteiger partial charge in [-0.15, -0.1) is 12.4 Å². The van der Waals surface area contributed by atoms with Crippen LogP contribution in [0.25, 0.3) is 0 Å². The largest absolute Gasteiger partial charge is 0.338 e. The summed E-state index contributed by atoms with van der Waals surface area (Å²) in [6.45, 7) is 7.63. The lowest BCUT2D eigenvalue weighted by molar-refractivity contribution is -0.137. The molecule has 136 valence electrons. The Labute approximate surface area is 161 Å². The molecule has 1 fully saturated rings. The molecule has 0 spiro atoms. The minimum Gasteiger partial charge on any atom is -0.338 e. The molecule has 1 aromatic carbocycles. The predicted octanol–water partition coefficient (Wildman–Crippen LogP) is 4.79. The Morgan fingerprint density at radius 2 is 1.92 bits per heavy atom. The van der Waals surface area contributed by atoms with Crippen LogP contribution in [0.5, 0.6) is 0 Å². The number of benzene rings is 1. The highest BCUT2D eigenvalue weighted by Crippen LogP contribution is 2.24. The van der Waals surface area contributed by atoms with Crippen molar-refractivity contribution in [1.29, 1.82) is 0 Å². The van der Waals surface area contributed by atoms with Crippen LogP contribution in [0, 0.1) is 11.8 Å². The molecule has 0 saturated carbocycles. The zero-order chi connectivity index (χ0) is 16.8. The van der Waals surface area contributed by atoms with Gasteiger partial charge in [0.25, 0.3) is 0 Å². The van der Waals surface area contributed by atoms with E-state index in [-0.39, 0.29) is 24.2 Å². The fraction of sp³-hybridized carbons (Fsp3) is 0.611. The van der Waals surface area contributed by atoms with E-state index in [4.69, 9.17) is 23.2 Å². The van der Waals surface area contributed by atoms with Crippen molar-refractivity contribution in [2.45, 2.75) is 39.7 Å². The SMILES string of the molecule is CC(C)CCN(Cc1ccc(Cl)c(Cl)c1)C(=O)C1CCNCC1.Cl. The molecule has 0 bridgehead atoms. The van der Waals surface area contributed by atoms with Crippen molar-refractivity contribution in [3.8, 4) is 0 Å². The van der Waals surface area contributed by atoms with Gasteiger partial charge in [-0.25, -0.2) is 0 Å². The minimum absolute atomic E-state index is 0. The molecule has 1 heterocycles. The molecular formula is C18H27Cl3N2O. The summed E-state index contributed by atoms with van der Waals surface area (Å²) < 4.78 is 0. The number of hydrogen-bond acceptors (Lipinski definition) is 2. The molecular weight excluding hydrogens is 367 g/mol. The van der Waals surface area contributed by atoms with Crippen LogP contribution < -0.4 is 5.32 Å². The highest BCUT2D eigenvalue weighted by atomic mass is 35.5. The fourth-order valence-electron chi connectivity index (χ4n) is 2.87. The Hall–Kier alpha value is -0.480. The summed E-state index contributed by atoms with van der Waals surface area (Å²) in [7, 11) is 0. The maximum Gasteiger partial charge on any atom is 0.226 e. The molecule has 0 aromatic heterocycles. The van der Waals surface area contributed by atoms with Gasteiger partial charge in [-0.2, -0.15) is 0 Å².